The monoisotopic (exact) mass is 442 g/mol. The molecule has 1 aliphatic rings. The van der Waals surface area contributed by atoms with Gasteiger partial charge in [-0.3, -0.25) is 4.79 Å². The summed E-state index contributed by atoms with van der Waals surface area (Å²) in [5.74, 6) is 0.367. The maximum absolute atomic E-state index is 13.1. The fraction of sp³-hybridized carbons (Fsp3) is 0.318. The molecule has 3 heterocycles. The number of nitrogens with one attached hydrogen (secondary N) is 3. The largest absolute Gasteiger partial charge is 0.416 e. The lowest BCUT2D eigenvalue weighted by atomic mass is 9.91. The lowest BCUT2D eigenvalue weighted by Crippen LogP contribution is -2.42. The minimum atomic E-state index is -4.43. The summed E-state index contributed by atoms with van der Waals surface area (Å²) in [4.78, 5) is 26.8. The predicted molar refractivity (Wildman–Crippen MR) is 116 cm³/mol. The molecule has 1 saturated carbocycles. The van der Waals surface area contributed by atoms with Crippen molar-refractivity contribution in [1.82, 2.24) is 19.9 Å². The molecule has 4 aromatic rings. The summed E-state index contributed by atoms with van der Waals surface area (Å²) in [5.41, 5.74) is 7.12. The highest BCUT2D eigenvalue weighted by atomic mass is 19.4. The number of alkyl halides is 3. The molecule has 0 saturated heterocycles. The van der Waals surface area contributed by atoms with Gasteiger partial charge in [-0.25, -0.2) is 9.97 Å². The number of halogens is 3. The molecule has 5 rings (SSSR count). The smallest absolute Gasteiger partial charge is 0.361 e. The molecule has 1 aliphatic carbocycles. The van der Waals surface area contributed by atoms with E-state index in [1.165, 1.54) is 18.5 Å². The Balaban J connectivity index is 1.61. The van der Waals surface area contributed by atoms with Crippen LogP contribution in [-0.4, -0.2) is 32.0 Å². The predicted octanol–water partition coefficient (Wildman–Crippen LogP) is 4.17. The van der Waals surface area contributed by atoms with Crippen molar-refractivity contribution in [3.8, 4) is 11.1 Å². The van der Waals surface area contributed by atoms with Gasteiger partial charge in [0.15, 0.2) is 0 Å². The second kappa shape index (κ2) is 7.63. The molecule has 166 valence electrons. The summed E-state index contributed by atoms with van der Waals surface area (Å²) in [6, 6.07) is 3.57. The van der Waals surface area contributed by atoms with Crippen molar-refractivity contribution in [2.24, 2.45) is 5.73 Å². The van der Waals surface area contributed by atoms with Crippen molar-refractivity contribution in [2.75, 3.05) is 5.32 Å². The Morgan fingerprint density at radius 3 is 2.62 bits per heavy atom. The summed E-state index contributed by atoms with van der Waals surface area (Å²) in [7, 11) is 0. The van der Waals surface area contributed by atoms with Crippen LogP contribution in [0.5, 0.6) is 0 Å². The minimum Gasteiger partial charge on any atom is -0.361 e. The van der Waals surface area contributed by atoms with Crippen molar-refractivity contribution in [2.45, 2.75) is 43.9 Å². The van der Waals surface area contributed by atoms with E-state index in [0.717, 1.165) is 37.8 Å². The highest BCUT2D eigenvalue weighted by Gasteiger charge is 2.31. The van der Waals surface area contributed by atoms with Gasteiger partial charge in [-0.2, -0.15) is 13.2 Å². The average molecular weight is 442 g/mol. The molecule has 32 heavy (non-hydrogen) atoms. The zero-order chi connectivity index (χ0) is 22.5. The first kappa shape index (κ1) is 20.5. The van der Waals surface area contributed by atoms with Crippen LogP contribution in [-0.2, 0) is 6.18 Å². The standard InChI is InChI=1S/C22H21F3N6O/c23-22(24,25)11-5-6-12-13(8-27-18(12)7-11)14-9-28-20(32)15-10-29-21(31-19(14)15)30-17-4-2-1-3-16(17)26/h5-10,16-17,27H,1-4,26H2,(H,28,32)(H,29,30,31)/t16-,17+/m0/s1. The Morgan fingerprint density at radius 2 is 1.84 bits per heavy atom. The van der Waals surface area contributed by atoms with Gasteiger partial charge in [-0.15, -0.1) is 0 Å². The molecule has 10 heteroatoms. The normalized spacial score (nSPS) is 19.5. The molecule has 0 spiro atoms. The number of fused-ring (bicyclic) bond motifs is 2. The molecule has 0 unspecified atom stereocenters. The van der Waals surface area contributed by atoms with Gasteiger partial charge < -0.3 is 21.0 Å². The Morgan fingerprint density at radius 1 is 1.06 bits per heavy atom. The third-order valence-electron chi connectivity index (χ3n) is 6.07. The fourth-order valence-electron chi connectivity index (χ4n) is 4.34. The number of nitrogens with two attached hydrogens (primary N) is 1. The Bertz CT molecular complexity index is 1360. The van der Waals surface area contributed by atoms with Crippen LogP contribution < -0.4 is 16.6 Å². The number of hydrogen-bond acceptors (Lipinski definition) is 5. The molecule has 1 aromatic carbocycles. The summed E-state index contributed by atoms with van der Waals surface area (Å²) < 4.78 is 39.2. The maximum Gasteiger partial charge on any atom is 0.416 e. The van der Waals surface area contributed by atoms with E-state index < -0.39 is 11.7 Å². The summed E-state index contributed by atoms with van der Waals surface area (Å²) >= 11 is 0. The van der Waals surface area contributed by atoms with Crippen LogP contribution >= 0.6 is 0 Å². The SMILES string of the molecule is N[C@H]1CCCC[C@H]1Nc1ncc2c(=O)[nH]cc(-c3c[nH]c4cc(C(F)(F)F)ccc34)c2n1. The number of rotatable bonds is 3. The third kappa shape index (κ3) is 3.60. The molecule has 0 aliphatic heterocycles. The van der Waals surface area contributed by atoms with Gasteiger partial charge in [0.2, 0.25) is 5.95 Å². The van der Waals surface area contributed by atoms with Crippen LogP contribution in [0.2, 0.25) is 0 Å². The number of pyridine rings is 1. The molecule has 1 fully saturated rings. The molecule has 3 aromatic heterocycles. The van der Waals surface area contributed by atoms with E-state index in [0.29, 0.717) is 38.9 Å². The van der Waals surface area contributed by atoms with Gasteiger partial charge in [0.05, 0.1) is 16.5 Å². The van der Waals surface area contributed by atoms with E-state index in [2.05, 4.69) is 25.3 Å². The average Bonchev–Trinajstić information content (AvgIpc) is 3.18. The fourth-order valence-corrected chi connectivity index (χ4v) is 4.34. The maximum atomic E-state index is 13.1. The van der Waals surface area contributed by atoms with Gasteiger partial charge >= 0.3 is 6.18 Å². The van der Waals surface area contributed by atoms with Crippen molar-refractivity contribution in [3.05, 3.63) is 52.7 Å². The van der Waals surface area contributed by atoms with E-state index in [-0.39, 0.29) is 17.6 Å². The second-order valence-electron chi connectivity index (χ2n) is 8.15. The molecule has 5 N–H and O–H groups in total. The number of aromatic nitrogens is 4. The van der Waals surface area contributed by atoms with Gasteiger partial charge in [0.1, 0.15) is 0 Å². The number of benzene rings is 1. The van der Waals surface area contributed by atoms with E-state index in [1.54, 1.807) is 6.20 Å². The molecular weight excluding hydrogens is 421 g/mol. The minimum absolute atomic E-state index is 0.00172. The number of hydrogen-bond donors (Lipinski definition) is 4. The number of aromatic amines is 2. The lowest BCUT2D eigenvalue weighted by molar-refractivity contribution is -0.137. The summed E-state index contributed by atoms with van der Waals surface area (Å²) in [6.07, 6.45) is 4.15. The zero-order valence-corrected chi connectivity index (χ0v) is 17.0. The van der Waals surface area contributed by atoms with Crippen molar-refractivity contribution < 1.29 is 13.2 Å². The first-order chi connectivity index (χ1) is 15.3. The quantitative estimate of drug-likeness (QED) is 0.381. The van der Waals surface area contributed by atoms with Gasteiger partial charge in [-0.05, 0) is 25.0 Å². The topological polar surface area (TPSA) is 112 Å². The van der Waals surface area contributed by atoms with Gasteiger partial charge in [0.25, 0.3) is 5.56 Å². The van der Waals surface area contributed by atoms with Crippen LogP contribution in [0, 0.1) is 0 Å². The highest BCUT2D eigenvalue weighted by molar-refractivity contribution is 6.03. The molecular formula is C22H21F3N6O. The third-order valence-corrected chi connectivity index (χ3v) is 6.07. The van der Waals surface area contributed by atoms with Crippen LogP contribution in [0.1, 0.15) is 31.2 Å². The van der Waals surface area contributed by atoms with Crippen LogP contribution in [0.15, 0.2) is 41.6 Å². The highest BCUT2D eigenvalue weighted by Crippen LogP contribution is 2.36. The first-order valence-electron chi connectivity index (χ1n) is 10.4. The Hall–Kier alpha value is -3.40. The first-order valence-corrected chi connectivity index (χ1v) is 10.4. The Kier molecular flexibility index (Phi) is 4.89. The van der Waals surface area contributed by atoms with Crippen molar-refractivity contribution in [3.63, 3.8) is 0 Å². The number of anilines is 1. The van der Waals surface area contributed by atoms with E-state index in [1.807, 2.05) is 0 Å². The Labute approximate surface area is 180 Å². The van der Waals surface area contributed by atoms with E-state index >= 15 is 0 Å². The number of H-pyrrole nitrogens is 2. The molecule has 0 amide bonds. The van der Waals surface area contributed by atoms with Gasteiger partial charge in [0, 0.05) is 52.7 Å². The van der Waals surface area contributed by atoms with Gasteiger partial charge in [-0.1, -0.05) is 18.9 Å². The summed E-state index contributed by atoms with van der Waals surface area (Å²) in [5, 5.41) is 4.17. The lowest BCUT2D eigenvalue weighted by Gasteiger charge is -2.29. The molecule has 7 nitrogen and oxygen atoms in total. The molecule has 2 atom stereocenters. The van der Waals surface area contributed by atoms with E-state index in [9.17, 15) is 18.0 Å². The molecule has 0 bridgehead atoms. The van der Waals surface area contributed by atoms with Crippen molar-refractivity contribution in [1.29, 1.82) is 0 Å². The molecule has 0 radical (unpaired) electrons. The van der Waals surface area contributed by atoms with Crippen molar-refractivity contribution >= 4 is 27.8 Å². The van der Waals surface area contributed by atoms with E-state index in [4.69, 9.17) is 5.73 Å². The van der Waals surface area contributed by atoms with Crippen LogP contribution in [0.25, 0.3) is 32.9 Å². The zero-order valence-electron chi connectivity index (χ0n) is 17.0. The summed E-state index contributed by atoms with van der Waals surface area (Å²) in [6.45, 7) is 0. The second-order valence-corrected chi connectivity index (χ2v) is 8.15. The van der Waals surface area contributed by atoms with Crippen LogP contribution in [0.4, 0.5) is 19.1 Å². The van der Waals surface area contributed by atoms with Crippen LogP contribution in [0.3, 0.4) is 0 Å². The number of nitrogens with zero attached hydrogens (tertiary/aromatic N) is 2.